The fourth-order valence-electron chi connectivity index (χ4n) is 3.30. The van der Waals surface area contributed by atoms with E-state index in [1.807, 2.05) is 36.4 Å². The van der Waals surface area contributed by atoms with Gasteiger partial charge >= 0.3 is 0 Å². The van der Waals surface area contributed by atoms with Crippen molar-refractivity contribution in [2.24, 2.45) is 0 Å². The molecule has 1 aromatic heterocycles. The molecule has 1 fully saturated rings. The molecule has 2 aromatic carbocycles. The first-order valence-corrected chi connectivity index (χ1v) is 9.18. The molecule has 1 aliphatic rings. The third-order valence-corrected chi connectivity index (χ3v) is 5.00. The lowest BCUT2D eigenvalue weighted by molar-refractivity contribution is 0.574. The molecule has 4 nitrogen and oxygen atoms in total. The second kappa shape index (κ2) is 7.28. The van der Waals surface area contributed by atoms with Crippen molar-refractivity contribution < 1.29 is 0 Å². The van der Waals surface area contributed by atoms with Crippen molar-refractivity contribution in [1.29, 1.82) is 0 Å². The van der Waals surface area contributed by atoms with Crippen molar-refractivity contribution >= 4 is 34.3 Å². The summed E-state index contributed by atoms with van der Waals surface area (Å²) in [5.74, 6) is 1.69. The second-order valence-corrected chi connectivity index (χ2v) is 6.79. The van der Waals surface area contributed by atoms with Gasteiger partial charge in [0.15, 0.2) is 0 Å². The third-order valence-electron chi connectivity index (χ3n) is 4.63. The first-order valence-electron chi connectivity index (χ1n) is 8.80. The number of halogens is 1. The average Bonchev–Trinajstić information content (AvgIpc) is 2.67. The molecule has 0 amide bonds. The quantitative estimate of drug-likeness (QED) is 0.726. The summed E-state index contributed by atoms with van der Waals surface area (Å²) in [5.41, 5.74) is 2.01. The number of aromatic nitrogens is 2. The molecule has 25 heavy (non-hydrogen) atoms. The Bertz CT molecular complexity index is 874. The maximum Gasteiger partial charge on any atom is 0.225 e. The summed E-state index contributed by atoms with van der Waals surface area (Å²) in [6, 6.07) is 16.1. The number of hydrogen-bond acceptors (Lipinski definition) is 4. The molecule has 3 aromatic rings. The molecular weight excluding hydrogens is 332 g/mol. The third kappa shape index (κ3) is 3.54. The van der Waals surface area contributed by atoms with Gasteiger partial charge in [-0.05, 0) is 43.0 Å². The van der Waals surface area contributed by atoms with Gasteiger partial charge in [0, 0.05) is 30.0 Å². The van der Waals surface area contributed by atoms with Crippen LogP contribution in [-0.2, 0) is 6.54 Å². The Morgan fingerprint density at radius 2 is 1.68 bits per heavy atom. The minimum atomic E-state index is 0.609. The van der Waals surface area contributed by atoms with E-state index in [1.165, 1.54) is 19.3 Å². The van der Waals surface area contributed by atoms with Gasteiger partial charge in [0.05, 0.1) is 5.52 Å². The number of piperidine rings is 1. The number of benzene rings is 2. The molecule has 0 saturated carbocycles. The molecule has 0 radical (unpaired) electrons. The molecule has 0 aliphatic carbocycles. The predicted octanol–water partition coefficient (Wildman–Crippen LogP) is 4.89. The lowest BCUT2D eigenvalue weighted by Gasteiger charge is -2.29. The highest BCUT2D eigenvalue weighted by Gasteiger charge is 2.17. The molecule has 128 valence electrons. The minimum Gasteiger partial charge on any atom is -0.356 e. The Morgan fingerprint density at radius 1 is 0.920 bits per heavy atom. The Kier molecular flexibility index (Phi) is 4.70. The summed E-state index contributed by atoms with van der Waals surface area (Å²) >= 11 is 6.25. The van der Waals surface area contributed by atoms with Crippen LogP contribution in [0.25, 0.3) is 10.9 Å². The number of anilines is 2. The molecule has 1 aliphatic heterocycles. The van der Waals surface area contributed by atoms with E-state index in [2.05, 4.69) is 27.3 Å². The van der Waals surface area contributed by atoms with Gasteiger partial charge in [-0.3, -0.25) is 0 Å². The number of nitrogens with zero attached hydrogens (tertiary/aromatic N) is 3. The van der Waals surface area contributed by atoms with Crippen molar-refractivity contribution in [3.05, 3.63) is 59.1 Å². The first kappa shape index (κ1) is 16.2. The first-order chi connectivity index (χ1) is 12.3. The lowest BCUT2D eigenvalue weighted by atomic mass is 10.1. The molecule has 0 unspecified atom stereocenters. The SMILES string of the molecule is Clc1ccccc1CNc1nc(N2CCCCC2)c2ccccc2n1. The van der Waals surface area contributed by atoms with E-state index in [-0.39, 0.29) is 0 Å². The monoisotopic (exact) mass is 352 g/mol. The largest absolute Gasteiger partial charge is 0.356 e. The van der Waals surface area contributed by atoms with Crippen LogP contribution in [0.5, 0.6) is 0 Å². The van der Waals surface area contributed by atoms with Gasteiger partial charge in [-0.1, -0.05) is 41.9 Å². The summed E-state index contributed by atoms with van der Waals surface area (Å²) < 4.78 is 0. The Hall–Kier alpha value is -2.33. The molecule has 0 spiro atoms. The van der Waals surface area contributed by atoms with Gasteiger partial charge in [0.1, 0.15) is 5.82 Å². The van der Waals surface area contributed by atoms with Crippen LogP contribution < -0.4 is 10.2 Å². The zero-order valence-electron chi connectivity index (χ0n) is 14.1. The van der Waals surface area contributed by atoms with Gasteiger partial charge in [-0.25, -0.2) is 4.98 Å². The van der Waals surface area contributed by atoms with Crippen molar-refractivity contribution in [3.63, 3.8) is 0 Å². The minimum absolute atomic E-state index is 0.609. The van der Waals surface area contributed by atoms with E-state index >= 15 is 0 Å². The lowest BCUT2D eigenvalue weighted by Crippen LogP contribution is -2.30. The summed E-state index contributed by atoms with van der Waals surface area (Å²) in [4.78, 5) is 11.9. The normalized spacial score (nSPS) is 14.7. The zero-order valence-corrected chi connectivity index (χ0v) is 14.8. The van der Waals surface area contributed by atoms with E-state index in [0.29, 0.717) is 12.5 Å². The van der Waals surface area contributed by atoms with E-state index in [0.717, 1.165) is 40.4 Å². The van der Waals surface area contributed by atoms with Crippen LogP contribution in [0.4, 0.5) is 11.8 Å². The Morgan fingerprint density at radius 3 is 2.52 bits per heavy atom. The smallest absolute Gasteiger partial charge is 0.225 e. The molecule has 2 heterocycles. The van der Waals surface area contributed by atoms with Crippen molar-refractivity contribution in [2.75, 3.05) is 23.3 Å². The molecule has 0 atom stereocenters. The number of rotatable bonds is 4. The highest BCUT2D eigenvalue weighted by Crippen LogP contribution is 2.28. The molecule has 1 N–H and O–H groups in total. The molecule has 1 saturated heterocycles. The maximum absolute atomic E-state index is 6.25. The predicted molar refractivity (Wildman–Crippen MR) is 104 cm³/mol. The Labute approximate surface area is 152 Å². The van der Waals surface area contributed by atoms with Gasteiger partial charge < -0.3 is 10.2 Å². The maximum atomic E-state index is 6.25. The van der Waals surface area contributed by atoms with Crippen molar-refractivity contribution in [1.82, 2.24) is 9.97 Å². The standard InChI is InChI=1S/C20H21ClN4/c21-17-10-4-2-8-15(17)14-22-20-23-18-11-5-3-9-16(18)19(24-20)25-12-6-1-7-13-25/h2-5,8-11H,1,6-7,12-14H2,(H,22,23,24). The fourth-order valence-corrected chi connectivity index (χ4v) is 3.50. The van der Waals surface area contributed by atoms with E-state index in [1.54, 1.807) is 0 Å². The molecular formula is C20H21ClN4. The highest BCUT2D eigenvalue weighted by molar-refractivity contribution is 6.31. The topological polar surface area (TPSA) is 41.1 Å². The molecule has 5 heteroatoms. The molecule has 4 rings (SSSR count). The highest BCUT2D eigenvalue weighted by atomic mass is 35.5. The van der Waals surface area contributed by atoms with Crippen LogP contribution >= 0.6 is 11.6 Å². The van der Waals surface area contributed by atoms with Gasteiger partial charge in [-0.2, -0.15) is 4.98 Å². The number of hydrogen-bond donors (Lipinski definition) is 1. The zero-order chi connectivity index (χ0) is 17.1. The van der Waals surface area contributed by atoms with Gasteiger partial charge in [0.25, 0.3) is 0 Å². The van der Waals surface area contributed by atoms with Crippen LogP contribution in [0.1, 0.15) is 24.8 Å². The summed E-state index contributed by atoms with van der Waals surface area (Å²) in [5, 5.41) is 5.21. The summed E-state index contributed by atoms with van der Waals surface area (Å²) in [7, 11) is 0. The van der Waals surface area contributed by atoms with Gasteiger partial charge in [-0.15, -0.1) is 0 Å². The van der Waals surface area contributed by atoms with E-state index < -0.39 is 0 Å². The second-order valence-electron chi connectivity index (χ2n) is 6.38. The summed E-state index contributed by atoms with van der Waals surface area (Å²) in [6.07, 6.45) is 3.75. The van der Waals surface area contributed by atoms with Crippen LogP contribution in [0, 0.1) is 0 Å². The summed E-state index contributed by atoms with van der Waals surface area (Å²) in [6.45, 7) is 2.73. The van der Waals surface area contributed by atoms with Crippen molar-refractivity contribution in [2.45, 2.75) is 25.8 Å². The van der Waals surface area contributed by atoms with E-state index in [4.69, 9.17) is 16.6 Å². The molecule has 0 bridgehead atoms. The van der Waals surface area contributed by atoms with Crippen LogP contribution in [0.15, 0.2) is 48.5 Å². The average molecular weight is 353 g/mol. The number of nitrogens with one attached hydrogen (secondary N) is 1. The van der Waals surface area contributed by atoms with Crippen molar-refractivity contribution in [3.8, 4) is 0 Å². The number of fused-ring (bicyclic) bond motifs is 1. The van der Waals surface area contributed by atoms with Crippen LogP contribution in [0.3, 0.4) is 0 Å². The van der Waals surface area contributed by atoms with Crippen LogP contribution in [-0.4, -0.2) is 23.1 Å². The van der Waals surface area contributed by atoms with E-state index in [9.17, 15) is 0 Å². The Balaban J connectivity index is 1.66. The fraction of sp³-hybridized carbons (Fsp3) is 0.300. The van der Waals surface area contributed by atoms with Crippen LogP contribution in [0.2, 0.25) is 5.02 Å². The van der Waals surface area contributed by atoms with Gasteiger partial charge in [0.2, 0.25) is 5.95 Å². The number of para-hydroxylation sites is 1.